The van der Waals surface area contributed by atoms with Crippen LogP contribution in [0.5, 0.6) is 0 Å². The number of alkyl halides is 3. The Morgan fingerprint density at radius 2 is 1.80 bits per heavy atom. The molecule has 30 heavy (non-hydrogen) atoms. The number of halogens is 3. The maximum Gasteiger partial charge on any atom is 0.418 e. The van der Waals surface area contributed by atoms with E-state index in [0.29, 0.717) is 12.1 Å². The Morgan fingerprint density at radius 3 is 2.47 bits per heavy atom. The van der Waals surface area contributed by atoms with Crippen molar-refractivity contribution in [3.63, 3.8) is 0 Å². The van der Waals surface area contributed by atoms with Gasteiger partial charge in [-0.15, -0.1) is 0 Å². The van der Waals surface area contributed by atoms with Crippen molar-refractivity contribution >= 4 is 23.3 Å². The Hall–Kier alpha value is -3.82. The van der Waals surface area contributed by atoms with Gasteiger partial charge < -0.3 is 20.5 Å². The van der Waals surface area contributed by atoms with Crippen LogP contribution in [-0.2, 0) is 12.7 Å². The Kier molecular flexibility index (Phi) is 6.35. The lowest BCUT2D eigenvalue weighted by Crippen LogP contribution is -2.32. The number of nitrogens with zero attached hydrogens (tertiary/aromatic N) is 2. The number of amides is 3. The maximum atomic E-state index is 13.5. The average Bonchev–Trinajstić information content (AvgIpc) is 3.22. The van der Waals surface area contributed by atoms with E-state index >= 15 is 0 Å². The Balaban J connectivity index is 1.68. The Labute approximate surface area is 169 Å². The SMILES string of the molecule is O=C(NCCn1ccnc1)Nc1ccc(NC(=O)c2ccccc2)cc1C(F)(F)F. The van der Waals surface area contributed by atoms with Crippen molar-refractivity contribution in [3.8, 4) is 0 Å². The lowest BCUT2D eigenvalue weighted by molar-refractivity contribution is -0.136. The Morgan fingerprint density at radius 1 is 1.03 bits per heavy atom. The van der Waals surface area contributed by atoms with Gasteiger partial charge in [0, 0.05) is 36.7 Å². The molecule has 2 aromatic carbocycles. The molecule has 0 unspecified atom stereocenters. The molecule has 0 aliphatic carbocycles. The van der Waals surface area contributed by atoms with Crippen molar-refractivity contribution in [1.29, 1.82) is 0 Å². The van der Waals surface area contributed by atoms with Crippen LogP contribution < -0.4 is 16.0 Å². The van der Waals surface area contributed by atoms with Crippen LogP contribution in [0.4, 0.5) is 29.3 Å². The highest BCUT2D eigenvalue weighted by molar-refractivity contribution is 6.04. The van der Waals surface area contributed by atoms with Gasteiger partial charge in [-0.25, -0.2) is 9.78 Å². The summed E-state index contributed by atoms with van der Waals surface area (Å²) in [5.74, 6) is -0.540. The number of hydrogen-bond acceptors (Lipinski definition) is 3. The molecule has 3 N–H and O–H groups in total. The van der Waals surface area contributed by atoms with Gasteiger partial charge in [-0.2, -0.15) is 13.2 Å². The quantitative estimate of drug-likeness (QED) is 0.567. The molecule has 0 radical (unpaired) electrons. The van der Waals surface area contributed by atoms with Crippen LogP contribution in [0.1, 0.15) is 15.9 Å². The lowest BCUT2D eigenvalue weighted by atomic mass is 10.1. The minimum atomic E-state index is -4.73. The number of aromatic nitrogens is 2. The molecule has 10 heteroatoms. The molecule has 0 atom stereocenters. The van der Waals surface area contributed by atoms with Crippen LogP contribution in [0.25, 0.3) is 0 Å². The molecule has 0 saturated heterocycles. The van der Waals surface area contributed by atoms with E-state index in [9.17, 15) is 22.8 Å². The first-order valence-electron chi connectivity index (χ1n) is 8.91. The van der Waals surface area contributed by atoms with Crippen LogP contribution in [0, 0.1) is 0 Å². The normalized spacial score (nSPS) is 11.0. The molecule has 1 aromatic heterocycles. The second kappa shape index (κ2) is 9.12. The predicted molar refractivity (Wildman–Crippen MR) is 105 cm³/mol. The highest BCUT2D eigenvalue weighted by atomic mass is 19.4. The number of imidazole rings is 1. The average molecular weight is 417 g/mol. The first-order chi connectivity index (χ1) is 14.3. The summed E-state index contributed by atoms with van der Waals surface area (Å²) in [5, 5.41) is 7.11. The number of nitrogens with one attached hydrogen (secondary N) is 3. The first kappa shape index (κ1) is 20.9. The van der Waals surface area contributed by atoms with Gasteiger partial charge in [0.1, 0.15) is 0 Å². The number of carbonyl (C=O) groups excluding carboxylic acids is 2. The van der Waals surface area contributed by atoms with Gasteiger partial charge in [-0.3, -0.25) is 4.79 Å². The van der Waals surface area contributed by atoms with Gasteiger partial charge in [0.15, 0.2) is 0 Å². The van der Waals surface area contributed by atoms with Crippen molar-refractivity contribution in [3.05, 3.63) is 78.4 Å². The van der Waals surface area contributed by atoms with Crippen molar-refractivity contribution < 1.29 is 22.8 Å². The van der Waals surface area contributed by atoms with Gasteiger partial charge in [-0.1, -0.05) is 18.2 Å². The van der Waals surface area contributed by atoms with Gasteiger partial charge >= 0.3 is 12.2 Å². The number of urea groups is 1. The van der Waals surface area contributed by atoms with Crippen LogP contribution in [0.3, 0.4) is 0 Å². The lowest BCUT2D eigenvalue weighted by Gasteiger charge is -2.16. The van der Waals surface area contributed by atoms with Crippen molar-refractivity contribution in [2.24, 2.45) is 0 Å². The van der Waals surface area contributed by atoms with Gasteiger partial charge in [0.25, 0.3) is 5.91 Å². The molecule has 7 nitrogen and oxygen atoms in total. The summed E-state index contributed by atoms with van der Waals surface area (Å²) in [6.45, 7) is 0.624. The number of hydrogen-bond donors (Lipinski definition) is 3. The van der Waals surface area contributed by atoms with E-state index in [-0.39, 0.29) is 12.2 Å². The second-order valence-corrected chi connectivity index (χ2v) is 6.26. The van der Waals surface area contributed by atoms with Gasteiger partial charge in [-0.05, 0) is 30.3 Å². The number of carbonyl (C=O) groups is 2. The molecule has 0 aliphatic heterocycles. The maximum absolute atomic E-state index is 13.5. The van der Waals surface area contributed by atoms with E-state index in [4.69, 9.17) is 0 Å². The highest BCUT2D eigenvalue weighted by Gasteiger charge is 2.34. The topological polar surface area (TPSA) is 88.1 Å². The molecule has 3 amide bonds. The molecule has 1 heterocycles. The minimum Gasteiger partial charge on any atom is -0.336 e. The molecular formula is C20H18F3N5O2. The van der Waals surface area contributed by atoms with Crippen molar-refractivity contribution in [1.82, 2.24) is 14.9 Å². The van der Waals surface area contributed by atoms with E-state index in [0.717, 1.165) is 12.1 Å². The van der Waals surface area contributed by atoms with Crippen LogP contribution in [-0.4, -0.2) is 28.0 Å². The van der Waals surface area contributed by atoms with E-state index in [2.05, 4.69) is 20.9 Å². The molecule has 0 fully saturated rings. The van der Waals surface area contributed by atoms with Crippen LogP contribution in [0.15, 0.2) is 67.3 Å². The summed E-state index contributed by atoms with van der Waals surface area (Å²) in [7, 11) is 0. The summed E-state index contributed by atoms with van der Waals surface area (Å²) in [6, 6.07) is 10.5. The van der Waals surface area contributed by atoms with Crippen molar-refractivity contribution in [2.45, 2.75) is 12.7 Å². The third kappa shape index (κ3) is 5.60. The highest BCUT2D eigenvalue weighted by Crippen LogP contribution is 2.36. The minimum absolute atomic E-state index is 0.0396. The summed E-state index contributed by atoms with van der Waals surface area (Å²) in [4.78, 5) is 28.0. The monoisotopic (exact) mass is 417 g/mol. The fourth-order valence-electron chi connectivity index (χ4n) is 2.64. The van der Waals surface area contributed by atoms with Crippen LogP contribution in [0.2, 0.25) is 0 Å². The number of anilines is 2. The van der Waals surface area contributed by atoms with Gasteiger partial charge in [0.05, 0.1) is 17.6 Å². The zero-order valence-corrected chi connectivity index (χ0v) is 15.6. The van der Waals surface area contributed by atoms with E-state index < -0.39 is 29.4 Å². The van der Waals surface area contributed by atoms with Crippen LogP contribution >= 0.6 is 0 Å². The van der Waals surface area contributed by atoms with E-state index in [1.165, 1.54) is 6.07 Å². The first-order valence-corrected chi connectivity index (χ1v) is 8.91. The van der Waals surface area contributed by atoms with E-state index in [1.807, 2.05) is 0 Å². The summed E-state index contributed by atoms with van der Waals surface area (Å²) >= 11 is 0. The molecule has 0 bridgehead atoms. The Bertz CT molecular complexity index is 1010. The molecule has 3 aromatic rings. The zero-order chi connectivity index (χ0) is 21.6. The number of rotatable bonds is 6. The third-order valence-electron chi connectivity index (χ3n) is 4.08. The van der Waals surface area contributed by atoms with Gasteiger partial charge in [0.2, 0.25) is 0 Å². The molecule has 0 saturated carbocycles. The fraction of sp³-hybridized carbons (Fsp3) is 0.150. The van der Waals surface area contributed by atoms with Crippen molar-refractivity contribution in [2.75, 3.05) is 17.2 Å². The second-order valence-electron chi connectivity index (χ2n) is 6.26. The molecular weight excluding hydrogens is 399 g/mol. The third-order valence-corrected chi connectivity index (χ3v) is 4.08. The molecule has 0 aliphatic rings. The fourth-order valence-corrected chi connectivity index (χ4v) is 2.64. The molecule has 3 rings (SSSR count). The zero-order valence-electron chi connectivity index (χ0n) is 15.6. The smallest absolute Gasteiger partial charge is 0.336 e. The largest absolute Gasteiger partial charge is 0.418 e. The summed E-state index contributed by atoms with van der Waals surface area (Å²) in [5.41, 5.74) is -1.22. The predicted octanol–water partition coefficient (Wildman–Crippen LogP) is 3.98. The van der Waals surface area contributed by atoms with E-state index in [1.54, 1.807) is 53.6 Å². The standard InChI is InChI=1S/C20H18F3N5O2/c21-20(22,23)16-12-15(26-18(29)14-4-2-1-3-5-14)6-7-17(16)27-19(30)25-9-11-28-10-8-24-13-28/h1-8,10,12-13H,9,11H2,(H,26,29)(H2,25,27,30). The summed E-state index contributed by atoms with van der Waals surface area (Å²) < 4.78 is 42.2. The summed E-state index contributed by atoms with van der Waals surface area (Å²) in [6.07, 6.45) is 0.105. The molecule has 0 spiro atoms. The number of benzene rings is 2. The molecule has 156 valence electrons.